The molecular formula is C11H23PtSi-3. The summed E-state index contributed by atoms with van der Waals surface area (Å²) in [5.41, 5.74) is 0. The summed E-state index contributed by atoms with van der Waals surface area (Å²) >= 11 is 0. The van der Waals surface area contributed by atoms with Gasteiger partial charge in [0.05, 0.1) is 0 Å². The first-order valence-electron chi connectivity index (χ1n) is 3.67. The molecule has 0 aliphatic heterocycles. The minimum Gasteiger partial charge on any atom is -0.358 e. The fraction of sp³-hybridized carbons (Fsp3) is 0.364. The Morgan fingerprint density at radius 3 is 1.31 bits per heavy atom. The topological polar surface area (TPSA) is 0 Å². The minimum absolute atomic E-state index is 0. The molecule has 1 rings (SSSR count). The van der Waals surface area contributed by atoms with Gasteiger partial charge in [-0.15, -0.1) is 8.07 Å². The van der Waals surface area contributed by atoms with Crippen molar-refractivity contribution in [1.82, 2.24) is 0 Å². The summed E-state index contributed by atoms with van der Waals surface area (Å²) in [5, 5.41) is 0. The van der Waals surface area contributed by atoms with Gasteiger partial charge in [-0.1, -0.05) is 43.9 Å². The smallest absolute Gasteiger partial charge is 0 e. The van der Waals surface area contributed by atoms with Crippen LogP contribution in [0.1, 0.15) is 6.42 Å². The zero-order valence-corrected chi connectivity index (χ0v) is 12.8. The molecule has 0 atom stereocenters. The Morgan fingerprint density at radius 1 is 1.00 bits per heavy atom. The van der Waals surface area contributed by atoms with Gasteiger partial charge in [-0.05, 0) is 6.42 Å². The number of hydrogen-bond donors (Lipinski definition) is 0. The molecule has 1 aliphatic carbocycles. The van der Waals surface area contributed by atoms with Crippen LogP contribution in [0.4, 0.5) is 0 Å². The van der Waals surface area contributed by atoms with E-state index in [1.54, 1.807) is 0 Å². The molecule has 0 fully saturated rings. The molecule has 0 unspecified atom stereocenters. The van der Waals surface area contributed by atoms with Crippen molar-refractivity contribution < 1.29 is 21.1 Å². The Labute approximate surface area is 101 Å². The van der Waals surface area contributed by atoms with Gasteiger partial charge in [-0.2, -0.15) is 0 Å². The second kappa shape index (κ2) is 12.4. The maximum atomic E-state index is 3.91. The normalized spacial score (nSPS) is 11.4. The van der Waals surface area contributed by atoms with Crippen molar-refractivity contribution >= 4 is 8.07 Å². The van der Waals surface area contributed by atoms with E-state index in [-0.39, 0.29) is 35.9 Å². The Balaban J connectivity index is -0.0000000506. The van der Waals surface area contributed by atoms with Gasteiger partial charge in [0.25, 0.3) is 0 Å². The fourth-order valence-corrected chi connectivity index (χ4v) is 0.393. The van der Waals surface area contributed by atoms with E-state index in [1.165, 1.54) is 0 Å². The third-order valence-electron chi connectivity index (χ3n) is 0.655. The third kappa shape index (κ3) is 46.1. The summed E-state index contributed by atoms with van der Waals surface area (Å²) < 4.78 is 0. The van der Waals surface area contributed by atoms with Gasteiger partial charge in [0.2, 0.25) is 0 Å². The van der Waals surface area contributed by atoms with Crippen LogP contribution in [0, 0.1) is 21.4 Å². The molecule has 0 aromatic heterocycles. The molecule has 0 saturated heterocycles. The Morgan fingerprint density at radius 2 is 1.23 bits per heavy atom. The van der Waals surface area contributed by atoms with Gasteiger partial charge in [-0.3, -0.25) is 0 Å². The first kappa shape index (κ1) is 23.3. The van der Waals surface area contributed by atoms with Crippen molar-refractivity contribution in [3.63, 3.8) is 0 Å². The Hall–Kier alpha value is 0.385. The standard InChI is InChI=1S/C5H6.C4H11Si.2CH3.Pt/c1-2-4-5-3-1;1-5(2,3)4;;;/h1-4H,5H2;1H2,2-4H3;2*1H3;/q;3*-1;. The SMILES string of the molecule is C1=CCC=C1.[CH2-][Si](C)(C)C.[CH3-].[CH3-].[Pt]. The van der Waals surface area contributed by atoms with Crippen molar-refractivity contribution in [3.8, 4) is 0 Å². The van der Waals surface area contributed by atoms with Crippen molar-refractivity contribution in [2.75, 3.05) is 0 Å². The second-order valence-corrected chi connectivity index (χ2v) is 8.77. The first-order chi connectivity index (χ1) is 4.50. The second-order valence-electron chi connectivity index (χ2n) is 3.65. The van der Waals surface area contributed by atoms with E-state index in [0.717, 1.165) is 6.42 Å². The maximum Gasteiger partial charge on any atom is 0 e. The summed E-state index contributed by atoms with van der Waals surface area (Å²) in [5.74, 6) is 0. The van der Waals surface area contributed by atoms with Crippen LogP contribution in [0.2, 0.25) is 19.6 Å². The molecule has 0 nitrogen and oxygen atoms in total. The zero-order chi connectivity index (χ0) is 8.04. The van der Waals surface area contributed by atoms with E-state index in [4.69, 9.17) is 0 Å². The van der Waals surface area contributed by atoms with Crippen molar-refractivity contribution in [2.45, 2.75) is 26.1 Å². The van der Waals surface area contributed by atoms with Gasteiger partial charge in [0.15, 0.2) is 0 Å². The molecule has 0 saturated carbocycles. The molecule has 0 radical (unpaired) electrons. The summed E-state index contributed by atoms with van der Waals surface area (Å²) in [6.07, 6.45) is 9.50. The average molecular weight is 378 g/mol. The third-order valence-corrected chi connectivity index (χ3v) is 0.655. The molecule has 84 valence electrons. The van der Waals surface area contributed by atoms with Crippen molar-refractivity contribution in [3.05, 3.63) is 45.7 Å². The van der Waals surface area contributed by atoms with Crippen LogP contribution in [0.5, 0.6) is 0 Å². The number of allylic oxidation sites excluding steroid dienone is 4. The van der Waals surface area contributed by atoms with E-state index < -0.39 is 8.07 Å². The van der Waals surface area contributed by atoms with Crippen LogP contribution in [0.15, 0.2) is 24.3 Å². The van der Waals surface area contributed by atoms with E-state index in [1.807, 2.05) is 0 Å². The van der Waals surface area contributed by atoms with Crippen molar-refractivity contribution in [2.24, 2.45) is 0 Å². The van der Waals surface area contributed by atoms with E-state index in [9.17, 15) is 0 Å². The van der Waals surface area contributed by atoms with Crippen LogP contribution < -0.4 is 0 Å². The van der Waals surface area contributed by atoms with Crippen molar-refractivity contribution in [1.29, 1.82) is 0 Å². The molecule has 0 spiro atoms. The van der Waals surface area contributed by atoms with E-state index in [0.29, 0.717) is 0 Å². The number of rotatable bonds is 0. The van der Waals surface area contributed by atoms with Crippen LogP contribution in [0.25, 0.3) is 0 Å². The first-order valence-corrected chi connectivity index (χ1v) is 7.38. The average Bonchev–Trinajstić information content (AvgIpc) is 2.07. The van der Waals surface area contributed by atoms with Crippen LogP contribution in [0.3, 0.4) is 0 Å². The molecule has 0 N–H and O–H groups in total. The largest absolute Gasteiger partial charge is 0.358 e. The van der Waals surface area contributed by atoms with E-state index >= 15 is 0 Å². The molecule has 0 aromatic carbocycles. The van der Waals surface area contributed by atoms with Gasteiger partial charge < -0.3 is 21.4 Å². The molecule has 0 aromatic rings. The molecule has 1 aliphatic rings. The van der Waals surface area contributed by atoms with Crippen LogP contribution in [-0.4, -0.2) is 8.07 Å². The molecule has 0 amide bonds. The maximum absolute atomic E-state index is 3.91. The quantitative estimate of drug-likeness (QED) is 0.440. The summed E-state index contributed by atoms with van der Waals surface area (Å²) in [7, 11) is -0.861. The molecule has 13 heavy (non-hydrogen) atoms. The Bertz CT molecular complexity index is 116. The summed E-state index contributed by atoms with van der Waals surface area (Å²) in [6, 6.07) is 0. The molecule has 2 heteroatoms. The zero-order valence-electron chi connectivity index (χ0n) is 9.54. The van der Waals surface area contributed by atoms with Crippen LogP contribution >= 0.6 is 0 Å². The fourth-order valence-electron chi connectivity index (χ4n) is 0.393. The summed E-state index contributed by atoms with van der Waals surface area (Å²) in [6.45, 7) is 10.6. The number of hydrogen-bond acceptors (Lipinski definition) is 0. The minimum atomic E-state index is -0.861. The molecular weight excluding hydrogens is 355 g/mol. The molecule has 0 heterocycles. The Kier molecular flexibility index (Phi) is 22.2. The van der Waals surface area contributed by atoms with Gasteiger partial charge in [0.1, 0.15) is 0 Å². The summed E-state index contributed by atoms with van der Waals surface area (Å²) in [4.78, 5) is 0. The van der Waals surface area contributed by atoms with Crippen LogP contribution in [-0.2, 0) is 21.1 Å². The predicted octanol–water partition coefficient (Wildman–Crippen LogP) is 4.10. The van der Waals surface area contributed by atoms with E-state index in [2.05, 4.69) is 50.5 Å². The monoisotopic (exact) mass is 378 g/mol. The predicted molar refractivity (Wildman–Crippen MR) is 64.4 cm³/mol. The van der Waals surface area contributed by atoms with Gasteiger partial charge in [0, 0.05) is 21.1 Å². The van der Waals surface area contributed by atoms with Gasteiger partial charge >= 0.3 is 0 Å². The van der Waals surface area contributed by atoms with Gasteiger partial charge in [-0.25, -0.2) is 0 Å². The molecule has 0 bridgehead atoms.